The highest BCUT2D eigenvalue weighted by Crippen LogP contribution is 2.19. The molecule has 3 nitrogen and oxygen atoms in total. The summed E-state index contributed by atoms with van der Waals surface area (Å²) < 4.78 is 0. The van der Waals surface area contributed by atoms with Gasteiger partial charge in [0.15, 0.2) is 6.54 Å². The molecule has 0 radical (unpaired) electrons. The Morgan fingerprint density at radius 2 is 1.74 bits per heavy atom. The fourth-order valence-corrected chi connectivity index (χ4v) is 3.22. The van der Waals surface area contributed by atoms with Gasteiger partial charge in [-0.15, -0.1) is 0 Å². The normalized spacial score (nSPS) is 11.8. The van der Waals surface area contributed by atoms with Crippen molar-refractivity contribution < 1.29 is 10.1 Å². The molecule has 0 saturated heterocycles. The van der Waals surface area contributed by atoms with Crippen molar-refractivity contribution in [3.8, 4) is 0 Å². The van der Waals surface area contributed by atoms with Crippen molar-refractivity contribution in [2.24, 2.45) is 0 Å². The Labute approximate surface area is 165 Å². The summed E-state index contributed by atoms with van der Waals surface area (Å²) in [6.45, 7) is 2.43. The molecule has 3 rings (SSSR count). The first-order valence-corrected chi connectivity index (χ1v) is 9.50. The highest BCUT2D eigenvalue weighted by Gasteiger charge is 2.13. The lowest BCUT2D eigenvalue weighted by molar-refractivity contribution is -0.682. The Morgan fingerprint density at radius 3 is 2.52 bits per heavy atom. The highest BCUT2D eigenvalue weighted by molar-refractivity contribution is 6.30. The van der Waals surface area contributed by atoms with Crippen molar-refractivity contribution >= 4 is 23.2 Å². The molecule has 4 heteroatoms. The SMILES string of the molecule is C[C@@H]([NH2+]CC(=O)Nc1ccccc1Cc1ccccc1)c1cccc(Cl)c1. The lowest BCUT2D eigenvalue weighted by Crippen LogP contribution is -2.86. The van der Waals surface area contributed by atoms with Crippen LogP contribution in [0.25, 0.3) is 0 Å². The number of quaternary nitrogens is 1. The second kappa shape index (κ2) is 9.36. The highest BCUT2D eigenvalue weighted by atomic mass is 35.5. The maximum atomic E-state index is 12.5. The van der Waals surface area contributed by atoms with Gasteiger partial charge in [-0.3, -0.25) is 4.79 Å². The molecule has 3 aromatic rings. The van der Waals surface area contributed by atoms with Gasteiger partial charge in [0.25, 0.3) is 5.91 Å². The number of nitrogens with one attached hydrogen (secondary N) is 1. The number of benzene rings is 3. The molecule has 0 bridgehead atoms. The zero-order chi connectivity index (χ0) is 19.1. The fourth-order valence-electron chi connectivity index (χ4n) is 3.02. The van der Waals surface area contributed by atoms with E-state index < -0.39 is 0 Å². The van der Waals surface area contributed by atoms with Crippen molar-refractivity contribution in [3.63, 3.8) is 0 Å². The average molecular weight is 380 g/mol. The predicted molar refractivity (Wildman–Crippen MR) is 111 cm³/mol. The molecule has 0 aliphatic heterocycles. The van der Waals surface area contributed by atoms with E-state index >= 15 is 0 Å². The van der Waals surface area contributed by atoms with Crippen LogP contribution in [0.15, 0.2) is 78.9 Å². The third-order valence-corrected chi connectivity index (χ3v) is 4.80. The summed E-state index contributed by atoms with van der Waals surface area (Å²) in [7, 11) is 0. The van der Waals surface area contributed by atoms with Gasteiger partial charge in [-0.1, -0.05) is 72.3 Å². The van der Waals surface area contributed by atoms with E-state index in [4.69, 9.17) is 11.6 Å². The largest absolute Gasteiger partial charge is 0.333 e. The van der Waals surface area contributed by atoms with E-state index in [1.54, 1.807) is 0 Å². The van der Waals surface area contributed by atoms with Gasteiger partial charge in [-0.05, 0) is 42.7 Å². The molecular weight excluding hydrogens is 356 g/mol. The Morgan fingerprint density at radius 1 is 1.00 bits per heavy atom. The molecule has 0 spiro atoms. The minimum Gasteiger partial charge on any atom is -0.333 e. The zero-order valence-electron chi connectivity index (χ0n) is 15.4. The van der Waals surface area contributed by atoms with Gasteiger partial charge < -0.3 is 10.6 Å². The molecule has 3 aromatic carbocycles. The minimum atomic E-state index is -0.00982. The molecule has 0 aliphatic rings. The van der Waals surface area contributed by atoms with E-state index in [2.05, 4.69) is 30.4 Å². The number of carbonyl (C=O) groups is 1. The van der Waals surface area contributed by atoms with Crippen molar-refractivity contribution in [1.29, 1.82) is 0 Å². The number of anilines is 1. The van der Waals surface area contributed by atoms with Gasteiger partial charge in [0.05, 0.1) is 0 Å². The lowest BCUT2D eigenvalue weighted by atomic mass is 10.0. The monoisotopic (exact) mass is 379 g/mol. The van der Waals surface area contributed by atoms with Crippen molar-refractivity contribution in [2.45, 2.75) is 19.4 Å². The van der Waals surface area contributed by atoms with Gasteiger partial charge in [0, 0.05) is 16.3 Å². The zero-order valence-corrected chi connectivity index (χ0v) is 16.1. The van der Waals surface area contributed by atoms with Gasteiger partial charge in [0.2, 0.25) is 0 Å². The number of halogens is 1. The minimum absolute atomic E-state index is 0.00982. The number of rotatable bonds is 7. The molecule has 0 aromatic heterocycles. The molecular formula is C23H24ClN2O+. The number of amides is 1. The van der Waals surface area contributed by atoms with Crippen molar-refractivity contribution in [2.75, 3.05) is 11.9 Å². The van der Waals surface area contributed by atoms with E-state index in [1.165, 1.54) is 5.56 Å². The Bertz CT molecular complexity index is 896. The first-order valence-electron chi connectivity index (χ1n) is 9.12. The molecule has 3 N–H and O–H groups in total. The van der Waals surface area contributed by atoms with Crippen LogP contribution in [0.1, 0.15) is 29.7 Å². The fraction of sp³-hybridized carbons (Fsp3) is 0.174. The van der Waals surface area contributed by atoms with Crippen LogP contribution in [-0.4, -0.2) is 12.5 Å². The number of hydrogen-bond acceptors (Lipinski definition) is 1. The molecule has 0 fully saturated rings. The summed E-state index contributed by atoms with van der Waals surface area (Å²) in [6.07, 6.45) is 0.792. The summed E-state index contributed by atoms with van der Waals surface area (Å²) in [5, 5.41) is 5.78. The smallest absolute Gasteiger partial charge is 0.279 e. The molecule has 0 saturated carbocycles. The first kappa shape index (κ1) is 19.2. The Hall–Kier alpha value is -2.62. The van der Waals surface area contributed by atoms with Crippen molar-refractivity contribution in [3.05, 3.63) is 101 Å². The van der Waals surface area contributed by atoms with Crippen LogP contribution in [-0.2, 0) is 11.2 Å². The van der Waals surface area contributed by atoms with Crippen LogP contribution in [0.2, 0.25) is 5.02 Å². The van der Waals surface area contributed by atoms with E-state index in [9.17, 15) is 4.79 Å². The van der Waals surface area contributed by atoms with Crippen LogP contribution >= 0.6 is 11.6 Å². The summed E-state index contributed by atoms with van der Waals surface area (Å²) in [5.74, 6) is -0.00982. The predicted octanol–water partition coefficient (Wildman–Crippen LogP) is 4.19. The molecule has 0 unspecified atom stereocenters. The van der Waals surface area contributed by atoms with Crippen LogP contribution in [0.3, 0.4) is 0 Å². The average Bonchev–Trinajstić information content (AvgIpc) is 2.68. The lowest BCUT2D eigenvalue weighted by Gasteiger charge is -2.13. The quantitative estimate of drug-likeness (QED) is 0.635. The number of carbonyl (C=O) groups excluding carboxylic acids is 1. The third-order valence-electron chi connectivity index (χ3n) is 4.56. The summed E-state index contributed by atoms with van der Waals surface area (Å²) in [5.41, 5.74) is 4.32. The van der Waals surface area contributed by atoms with E-state index in [-0.39, 0.29) is 11.9 Å². The standard InChI is InChI=1S/C23H23ClN2O/c1-17(19-11-7-12-21(24)15-19)25-16-23(27)26-22-13-6-5-10-20(22)14-18-8-3-2-4-9-18/h2-13,15,17,25H,14,16H2,1H3,(H,26,27)/p+1/t17-/m1/s1. The van der Waals surface area contributed by atoms with E-state index in [0.717, 1.165) is 23.2 Å². The van der Waals surface area contributed by atoms with Gasteiger partial charge >= 0.3 is 0 Å². The van der Waals surface area contributed by atoms with E-state index in [0.29, 0.717) is 11.6 Å². The van der Waals surface area contributed by atoms with Crippen LogP contribution in [0.5, 0.6) is 0 Å². The number of para-hydroxylation sites is 1. The number of hydrogen-bond donors (Lipinski definition) is 2. The van der Waals surface area contributed by atoms with Gasteiger partial charge in [0.1, 0.15) is 6.04 Å². The van der Waals surface area contributed by atoms with Crippen LogP contribution < -0.4 is 10.6 Å². The van der Waals surface area contributed by atoms with Crippen LogP contribution in [0, 0.1) is 0 Å². The molecule has 1 atom stereocenters. The van der Waals surface area contributed by atoms with Gasteiger partial charge in [-0.2, -0.15) is 0 Å². The summed E-state index contributed by atoms with van der Waals surface area (Å²) in [4.78, 5) is 12.5. The van der Waals surface area contributed by atoms with Crippen LogP contribution in [0.4, 0.5) is 5.69 Å². The summed E-state index contributed by atoms with van der Waals surface area (Å²) in [6, 6.07) is 26.1. The van der Waals surface area contributed by atoms with Gasteiger partial charge in [-0.25, -0.2) is 0 Å². The molecule has 1 amide bonds. The first-order chi connectivity index (χ1) is 13.1. The second-order valence-electron chi connectivity index (χ2n) is 6.65. The maximum absolute atomic E-state index is 12.5. The third kappa shape index (κ3) is 5.68. The maximum Gasteiger partial charge on any atom is 0.279 e. The molecule has 138 valence electrons. The molecule has 0 heterocycles. The molecule has 27 heavy (non-hydrogen) atoms. The molecule has 0 aliphatic carbocycles. The van der Waals surface area contributed by atoms with E-state index in [1.807, 2.05) is 66.0 Å². The van der Waals surface area contributed by atoms with Crippen molar-refractivity contribution in [1.82, 2.24) is 0 Å². The summed E-state index contributed by atoms with van der Waals surface area (Å²) >= 11 is 6.05. The Kier molecular flexibility index (Phi) is 6.64. The topological polar surface area (TPSA) is 45.7 Å². The Balaban J connectivity index is 1.59. The second-order valence-corrected chi connectivity index (χ2v) is 7.09. The number of nitrogens with two attached hydrogens (primary N) is 1.